The molecule has 5 nitrogen and oxygen atoms in total. The van der Waals surface area contributed by atoms with E-state index in [4.69, 9.17) is 4.42 Å². The summed E-state index contributed by atoms with van der Waals surface area (Å²) in [6.07, 6.45) is 8.27. The zero-order valence-electron chi connectivity index (χ0n) is 10.9. The molecule has 1 heterocycles. The summed E-state index contributed by atoms with van der Waals surface area (Å²) in [4.78, 5) is 15.7. The van der Waals surface area contributed by atoms with Crippen molar-refractivity contribution in [2.24, 2.45) is 0 Å². The van der Waals surface area contributed by atoms with E-state index in [1.54, 1.807) is 6.20 Å². The maximum absolute atomic E-state index is 11.6. The van der Waals surface area contributed by atoms with Gasteiger partial charge in [-0.15, -0.1) is 0 Å². The van der Waals surface area contributed by atoms with Crippen molar-refractivity contribution in [3.63, 3.8) is 0 Å². The Labute approximate surface area is 107 Å². The highest BCUT2D eigenvalue weighted by atomic mass is 16.4. The second-order valence-corrected chi connectivity index (χ2v) is 4.85. The van der Waals surface area contributed by atoms with Gasteiger partial charge in [-0.05, 0) is 19.8 Å². The van der Waals surface area contributed by atoms with Gasteiger partial charge in [-0.2, -0.15) is 0 Å². The normalized spacial score (nSPS) is 16.5. The molecule has 0 bridgehead atoms. The largest absolute Gasteiger partial charge is 0.446 e. The summed E-state index contributed by atoms with van der Waals surface area (Å²) in [5, 5.41) is 5.85. The Kier molecular flexibility index (Phi) is 4.61. The predicted octanol–water partition coefficient (Wildman–Crippen LogP) is 2.16. The van der Waals surface area contributed by atoms with Crippen LogP contribution in [0.1, 0.15) is 43.8 Å². The van der Waals surface area contributed by atoms with Crippen LogP contribution in [0.25, 0.3) is 0 Å². The quantitative estimate of drug-likeness (QED) is 0.861. The van der Waals surface area contributed by atoms with Crippen LogP contribution in [0.5, 0.6) is 0 Å². The van der Waals surface area contributed by atoms with Crippen LogP contribution in [0.4, 0.5) is 4.79 Å². The average molecular weight is 251 g/mol. The molecule has 1 aliphatic rings. The van der Waals surface area contributed by atoms with E-state index in [1.807, 2.05) is 6.92 Å². The van der Waals surface area contributed by atoms with E-state index in [0.29, 0.717) is 24.9 Å². The molecular formula is C13H21N3O2. The average Bonchev–Trinajstić information content (AvgIpc) is 2.76. The van der Waals surface area contributed by atoms with Crippen LogP contribution in [0.2, 0.25) is 0 Å². The number of nitrogens with one attached hydrogen (secondary N) is 2. The smallest absolute Gasteiger partial charge is 0.315 e. The number of hydrogen-bond donors (Lipinski definition) is 2. The molecule has 2 amide bonds. The number of oxazole rings is 1. The highest BCUT2D eigenvalue weighted by molar-refractivity contribution is 5.74. The third-order valence-electron chi connectivity index (χ3n) is 3.23. The van der Waals surface area contributed by atoms with E-state index < -0.39 is 0 Å². The number of carbonyl (C=O) groups is 1. The molecule has 0 unspecified atom stereocenters. The van der Waals surface area contributed by atoms with Gasteiger partial charge in [0.05, 0.1) is 6.20 Å². The van der Waals surface area contributed by atoms with Crippen molar-refractivity contribution in [3.05, 3.63) is 17.8 Å². The topological polar surface area (TPSA) is 67.2 Å². The van der Waals surface area contributed by atoms with Gasteiger partial charge in [0.1, 0.15) is 5.76 Å². The van der Waals surface area contributed by atoms with Crippen LogP contribution in [0, 0.1) is 6.92 Å². The highest BCUT2D eigenvalue weighted by Gasteiger charge is 2.15. The Morgan fingerprint density at radius 1 is 1.44 bits per heavy atom. The molecule has 18 heavy (non-hydrogen) atoms. The first-order valence-electron chi connectivity index (χ1n) is 6.70. The minimum atomic E-state index is -0.0785. The van der Waals surface area contributed by atoms with E-state index >= 15 is 0 Å². The van der Waals surface area contributed by atoms with Gasteiger partial charge in [-0.1, -0.05) is 19.3 Å². The van der Waals surface area contributed by atoms with Crippen molar-refractivity contribution in [1.29, 1.82) is 0 Å². The summed E-state index contributed by atoms with van der Waals surface area (Å²) >= 11 is 0. The summed E-state index contributed by atoms with van der Waals surface area (Å²) in [7, 11) is 0. The molecule has 5 heteroatoms. The summed E-state index contributed by atoms with van der Waals surface area (Å²) in [6, 6.07) is 0.271. The van der Waals surface area contributed by atoms with Crippen LogP contribution >= 0.6 is 0 Å². The minimum Gasteiger partial charge on any atom is -0.446 e. The van der Waals surface area contributed by atoms with E-state index in [-0.39, 0.29) is 6.03 Å². The molecule has 0 radical (unpaired) electrons. The fraction of sp³-hybridized carbons (Fsp3) is 0.692. The molecule has 0 atom stereocenters. The number of urea groups is 1. The van der Waals surface area contributed by atoms with Crippen molar-refractivity contribution in [2.45, 2.75) is 51.5 Å². The van der Waals surface area contributed by atoms with Gasteiger partial charge in [-0.25, -0.2) is 9.78 Å². The summed E-state index contributed by atoms with van der Waals surface area (Å²) in [6.45, 7) is 2.41. The number of aromatic nitrogens is 1. The lowest BCUT2D eigenvalue weighted by atomic mass is 9.96. The van der Waals surface area contributed by atoms with Gasteiger partial charge in [0.2, 0.25) is 0 Å². The molecular weight excluding hydrogens is 230 g/mol. The summed E-state index contributed by atoms with van der Waals surface area (Å²) in [5.41, 5.74) is 0. The molecule has 1 fully saturated rings. The van der Waals surface area contributed by atoms with E-state index in [1.165, 1.54) is 19.3 Å². The van der Waals surface area contributed by atoms with Gasteiger partial charge in [0.25, 0.3) is 0 Å². The Morgan fingerprint density at radius 3 is 2.89 bits per heavy atom. The molecule has 0 aliphatic heterocycles. The van der Waals surface area contributed by atoms with E-state index in [9.17, 15) is 4.79 Å². The monoisotopic (exact) mass is 251 g/mol. The maximum atomic E-state index is 11.6. The number of rotatable bonds is 4. The Bertz CT molecular complexity index is 383. The fourth-order valence-electron chi connectivity index (χ4n) is 2.28. The molecule has 0 aromatic carbocycles. The first-order valence-corrected chi connectivity index (χ1v) is 6.70. The number of hydrogen-bond acceptors (Lipinski definition) is 3. The molecule has 1 aromatic heterocycles. The van der Waals surface area contributed by atoms with Gasteiger partial charge in [-0.3, -0.25) is 0 Å². The second kappa shape index (κ2) is 6.42. The van der Waals surface area contributed by atoms with Gasteiger partial charge < -0.3 is 15.1 Å². The van der Waals surface area contributed by atoms with Crippen LogP contribution in [-0.4, -0.2) is 23.6 Å². The van der Waals surface area contributed by atoms with Crippen molar-refractivity contribution in [3.8, 4) is 0 Å². The third-order valence-corrected chi connectivity index (χ3v) is 3.23. The number of aryl methyl sites for hydroxylation is 1. The summed E-state index contributed by atoms with van der Waals surface area (Å²) < 4.78 is 5.33. The summed E-state index contributed by atoms with van der Waals surface area (Å²) in [5.74, 6) is 1.47. The number of nitrogens with zero attached hydrogens (tertiary/aromatic N) is 1. The lowest BCUT2D eigenvalue weighted by molar-refractivity contribution is 0.232. The Hall–Kier alpha value is -1.52. The SMILES string of the molecule is Cc1cnc(CCNC(=O)NC2CCCCC2)o1. The fourth-order valence-corrected chi connectivity index (χ4v) is 2.28. The highest BCUT2D eigenvalue weighted by Crippen LogP contribution is 2.17. The lowest BCUT2D eigenvalue weighted by Crippen LogP contribution is -2.43. The van der Waals surface area contributed by atoms with Crippen molar-refractivity contribution >= 4 is 6.03 Å². The predicted molar refractivity (Wildman–Crippen MR) is 68.4 cm³/mol. The molecule has 100 valence electrons. The van der Waals surface area contributed by atoms with Crippen LogP contribution in [-0.2, 0) is 6.42 Å². The molecule has 0 saturated heterocycles. The van der Waals surface area contributed by atoms with Gasteiger partial charge in [0, 0.05) is 19.0 Å². The van der Waals surface area contributed by atoms with Crippen LogP contribution < -0.4 is 10.6 Å². The second-order valence-electron chi connectivity index (χ2n) is 4.85. The van der Waals surface area contributed by atoms with Gasteiger partial charge in [0.15, 0.2) is 5.89 Å². The molecule has 1 aliphatic carbocycles. The molecule has 1 saturated carbocycles. The molecule has 2 rings (SSSR count). The van der Waals surface area contributed by atoms with Crippen LogP contribution in [0.15, 0.2) is 10.6 Å². The zero-order chi connectivity index (χ0) is 12.8. The van der Waals surface area contributed by atoms with Crippen LogP contribution in [0.3, 0.4) is 0 Å². The third kappa shape index (κ3) is 4.05. The Morgan fingerprint density at radius 2 is 2.22 bits per heavy atom. The van der Waals surface area contributed by atoms with E-state index in [0.717, 1.165) is 18.6 Å². The standard InChI is InChI=1S/C13H21N3O2/c1-10-9-15-12(18-10)7-8-14-13(17)16-11-5-3-2-4-6-11/h9,11H,2-8H2,1H3,(H2,14,16,17). The number of carbonyl (C=O) groups excluding carboxylic acids is 1. The minimum absolute atomic E-state index is 0.0785. The van der Waals surface area contributed by atoms with Crippen molar-refractivity contribution in [2.75, 3.05) is 6.54 Å². The number of amides is 2. The first-order chi connectivity index (χ1) is 8.74. The molecule has 0 spiro atoms. The van der Waals surface area contributed by atoms with E-state index in [2.05, 4.69) is 15.6 Å². The molecule has 1 aromatic rings. The molecule has 2 N–H and O–H groups in total. The maximum Gasteiger partial charge on any atom is 0.315 e. The Balaban J connectivity index is 1.62. The van der Waals surface area contributed by atoms with Crippen molar-refractivity contribution < 1.29 is 9.21 Å². The first kappa shape index (κ1) is 12.9. The van der Waals surface area contributed by atoms with Gasteiger partial charge >= 0.3 is 6.03 Å². The van der Waals surface area contributed by atoms with Crippen molar-refractivity contribution in [1.82, 2.24) is 15.6 Å². The lowest BCUT2D eigenvalue weighted by Gasteiger charge is -2.22. The zero-order valence-corrected chi connectivity index (χ0v) is 10.9.